The number of unbranched alkanes of at least 4 members (excludes halogenated alkanes) is 2. The number of rotatable bonds is 9. The summed E-state index contributed by atoms with van der Waals surface area (Å²) in [6.45, 7) is 4.47. The van der Waals surface area contributed by atoms with Crippen molar-refractivity contribution in [2.45, 2.75) is 70.3 Å². The molecule has 3 nitrogen and oxygen atoms in total. The molecule has 1 N–H and O–H groups in total. The Bertz CT molecular complexity index is 273. The fourth-order valence-electron chi connectivity index (χ4n) is 2.63. The average molecular weight is 287 g/mol. The van der Waals surface area contributed by atoms with Gasteiger partial charge in [-0.25, -0.2) is 0 Å². The molecule has 1 saturated heterocycles. The number of hydrogen-bond acceptors (Lipinski definition) is 3. The molecular formula is C15H29NO2S. The van der Waals surface area contributed by atoms with Gasteiger partial charge in [-0.15, -0.1) is 0 Å². The highest BCUT2D eigenvalue weighted by Crippen LogP contribution is 2.31. The van der Waals surface area contributed by atoms with Crippen molar-refractivity contribution in [2.24, 2.45) is 5.92 Å². The Labute approximate surface area is 122 Å². The lowest BCUT2D eigenvalue weighted by molar-refractivity contribution is -0.131. The fourth-order valence-corrected chi connectivity index (χ4v) is 4.09. The van der Waals surface area contributed by atoms with Crippen LogP contribution < -0.4 is 0 Å². The van der Waals surface area contributed by atoms with Gasteiger partial charge in [-0.3, -0.25) is 4.79 Å². The number of aliphatic hydroxyl groups excluding tert-OH is 1. The van der Waals surface area contributed by atoms with Gasteiger partial charge >= 0.3 is 0 Å². The molecule has 3 atom stereocenters. The molecule has 112 valence electrons. The molecule has 0 aromatic carbocycles. The standard InChI is InChI=1S/C15H29NO2S/c1-4-6-7-9-12(8-5-2)11-19-13-10-14(17)16(3)15(13)18/h12-13,15,18H,4-11H2,1-3H3. The lowest BCUT2D eigenvalue weighted by Crippen LogP contribution is -2.32. The molecule has 0 saturated carbocycles. The van der Waals surface area contributed by atoms with Crippen molar-refractivity contribution in [3.05, 3.63) is 0 Å². The van der Waals surface area contributed by atoms with E-state index >= 15 is 0 Å². The number of carbonyl (C=O) groups is 1. The van der Waals surface area contributed by atoms with Crippen LogP contribution in [0.1, 0.15) is 58.8 Å². The van der Waals surface area contributed by atoms with Gasteiger partial charge in [0.2, 0.25) is 5.91 Å². The van der Waals surface area contributed by atoms with Crippen LogP contribution in [0.4, 0.5) is 0 Å². The predicted octanol–water partition coefficient (Wildman–Crippen LogP) is 3.27. The fraction of sp³-hybridized carbons (Fsp3) is 0.933. The smallest absolute Gasteiger partial charge is 0.225 e. The number of thioether (sulfide) groups is 1. The van der Waals surface area contributed by atoms with Crippen molar-refractivity contribution < 1.29 is 9.90 Å². The summed E-state index contributed by atoms with van der Waals surface area (Å²) in [4.78, 5) is 13.0. The van der Waals surface area contributed by atoms with Crippen LogP contribution in [0, 0.1) is 5.92 Å². The van der Waals surface area contributed by atoms with Gasteiger partial charge in [-0.05, 0) is 24.5 Å². The van der Waals surface area contributed by atoms with Crippen LogP contribution >= 0.6 is 11.8 Å². The topological polar surface area (TPSA) is 40.5 Å². The van der Waals surface area contributed by atoms with Gasteiger partial charge in [-0.2, -0.15) is 11.8 Å². The Morgan fingerprint density at radius 1 is 1.32 bits per heavy atom. The molecule has 1 fully saturated rings. The van der Waals surface area contributed by atoms with Crippen LogP contribution in [0.3, 0.4) is 0 Å². The Morgan fingerprint density at radius 3 is 2.58 bits per heavy atom. The first-order chi connectivity index (χ1) is 9.10. The van der Waals surface area contributed by atoms with E-state index in [1.807, 2.05) is 0 Å². The molecule has 0 spiro atoms. The molecule has 1 aliphatic heterocycles. The summed E-state index contributed by atoms with van der Waals surface area (Å²) >= 11 is 1.79. The molecule has 0 radical (unpaired) electrons. The van der Waals surface area contributed by atoms with Crippen molar-refractivity contribution in [3.63, 3.8) is 0 Å². The predicted molar refractivity (Wildman–Crippen MR) is 82.2 cm³/mol. The molecule has 19 heavy (non-hydrogen) atoms. The lowest BCUT2D eigenvalue weighted by Gasteiger charge is -2.21. The number of aliphatic hydroxyl groups is 1. The van der Waals surface area contributed by atoms with E-state index < -0.39 is 6.23 Å². The lowest BCUT2D eigenvalue weighted by atomic mass is 9.98. The Kier molecular flexibility index (Phi) is 7.84. The first kappa shape index (κ1) is 16.8. The van der Waals surface area contributed by atoms with E-state index in [-0.39, 0.29) is 11.2 Å². The van der Waals surface area contributed by atoms with E-state index in [4.69, 9.17) is 0 Å². The van der Waals surface area contributed by atoms with Gasteiger partial charge in [0, 0.05) is 13.5 Å². The molecule has 1 amide bonds. The van der Waals surface area contributed by atoms with Crippen LogP contribution in [0.15, 0.2) is 0 Å². The molecule has 3 unspecified atom stereocenters. The minimum atomic E-state index is -0.588. The molecule has 1 heterocycles. The molecule has 0 bridgehead atoms. The van der Waals surface area contributed by atoms with Crippen LogP contribution in [0.25, 0.3) is 0 Å². The Hall–Kier alpha value is -0.220. The van der Waals surface area contributed by atoms with Gasteiger partial charge in [0.25, 0.3) is 0 Å². The zero-order valence-corrected chi connectivity index (χ0v) is 13.4. The van der Waals surface area contributed by atoms with Gasteiger partial charge in [0.1, 0.15) is 6.23 Å². The molecule has 1 rings (SSSR count). The van der Waals surface area contributed by atoms with Crippen molar-refractivity contribution in [1.82, 2.24) is 4.90 Å². The summed E-state index contributed by atoms with van der Waals surface area (Å²) in [6.07, 6.45) is 7.60. The highest BCUT2D eigenvalue weighted by Gasteiger charge is 2.36. The van der Waals surface area contributed by atoms with Crippen LogP contribution in [0.2, 0.25) is 0 Å². The Balaban J connectivity index is 2.32. The van der Waals surface area contributed by atoms with Crippen LogP contribution in [0.5, 0.6) is 0 Å². The van der Waals surface area contributed by atoms with Crippen LogP contribution in [-0.4, -0.2) is 40.2 Å². The van der Waals surface area contributed by atoms with Gasteiger partial charge in [0.05, 0.1) is 5.25 Å². The van der Waals surface area contributed by atoms with E-state index in [0.29, 0.717) is 6.42 Å². The average Bonchev–Trinajstić information content (AvgIpc) is 2.64. The third-order valence-electron chi connectivity index (χ3n) is 3.96. The summed E-state index contributed by atoms with van der Waals surface area (Å²) in [5, 5.41) is 10.0. The van der Waals surface area contributed by atoms with Gasteiger partial charge in [0.15, 0.2) is 0 Å². The molecule has 1 aliphatic rings. The highest BCUT2D eigenvalue weighted by atomic mass is 32.2. The normalized spacial score (nSPS) is 25.1. The highest BCUT2D eigenvalue weighted by molar-refractivity contribution is 8.00. The summed E-state index contributed by atoms with van der Waals surface area (Å²) in [7, 11) is 1.69. The van der Waals surface area contributed by atoms with Crippen molar-refractivity contribution in [2.75, 3.05) is 12.8 Å². The molecule has 4 heteroatoms. The third-order valence-corrected chi connectivity index (χ3v) is 5.46. The monoisotopic (exact) mass is 287 g/mol. The summed E-state index contributed by atoms with van der Waals surface area (Å²) in [5.41, 5.74) is 0. The first-order valence-corrected chi connectivity index (χ1v) is 8.70. The second kappa shape index (κ2) is 8.85. The minimum absolute atomic E-state index is 0.0722. The van der Waals surface area contributed by atoms with Crippen molar-refractivity contribution in [1.29, 1.82) is 0 Å². The van der Waals surface area contributed by atoms with E-state index in [2.05, 4.69) is 13.8 Å². The number of likely N-dealkylation sites (tertiary alicyclic amines) is 1. The van der Waals surface area contributed by atoms with Crippen molar-refractivity contribution >= 4 is 17.7 Å². The zero-order chi connectivity index (χ0) is 14.3. The quantitative estimate of drug-likeness (QED) is 0.662. The van der Waals surface area contributed by atoms with Gasteiger partial charge < -0.3 is 10.0 Å². The Morgan fingerprint density at radius 2 is 2.05 bits per heavy atom. The summed E-state index contributed by atoms with van der Waals surface area (Å²) in [5.74, 6) is 1.90. The number of hydrogen-bond donors (Lipinski definition) is 1. The number of amides is 1. The van der Waals surface area contributed by atoms with Crippen LogP contribution in [-0.2, 0) is 4.79 Å². The summed E-state index contributed by atoms with van der Waals surface area (Å²) in [6, 6.07) is 0. The van der Waals surface area contributed by atoms with E-state index in [1.165, 1.54) is 43.4 Å². The minimum Gasteiger partial charge on any atom is -0.372 e. The molecule has 0 aliphatic carbocycles. The maximum Gasteiger partial charge on any atom is 0.225 e. The first-order valence-electron chi connectivity index (χ1n) is 7.65. The molecule has 0 aromatic heterocycles. The number of carbonyl (C=O) groups excluding carboxylic acids is 1. The second-order valence-corrected chi connectivity index (χ2v) is 6.92. The largest absolute Gasteiger partial charge is 0.372 e. The van der Waals surface area contributed by atoms with E-state index in [1.54, 1.807) is 18.8 Å². The maximum absolute atomic E-state index is 11.5. The zero-order valence-electron chi connectivity index (χ0n) is 12.6. The second-order valence-electron chi connectivity index (χ2n) is 5.64. The molecular weight excluding hydrogens is 258 g/mol. The van der Waals surface area contributed by atoms with Crippen molar-refractivity contribution in [3.8, 4) is 0 Å². The third kappa shape index (κ3) is 5.35. The van der Waals surface area contributed by atoms with Gasteiger partial charge in [-0.1, -0.05) is 39.5 Å². The van der Waals surface area contributed by atoms with E-state index in [0.717, 1.165) is 11.7 Å². The number of nitrogens with zero attached hydrogens (tertiary/aromatic N) is 1. The summed E-state index contributed by atoms with van der Waals surface area (Å²) < 4.78 is 0. The SMILES string of the molecule is CCCCCC(CCC)CSC1CC(=O)N(C)C1O. The maximum atomic E-state index is 11.5. The van der Waals surface area contributed by atoms with E-state index in [9.17, 15) is 9.90 Å². The molecule has 0 aromatic rings.